The van der Waals surface area contributed by atoms with Gasteiger partial charge in [-0.05, 0) is 50.8 Å². The van der Waals surface area contributed by atoms with Gasteiger partial charge in [0.25, 0.3) is 0 Å². The van der Waals surface area contributed by atoms with Crippen LogP contribution in [-0.4, -0.2) is 24.7 Å². The van der Waals surface area contributed by atoms with E-state index in [1.165, 1.54) is 11.1 Å². The molecule has 1 aromatic rings. The van der Waals surface area contributed by atoms with Crippen molar-refractivity contribution in [2.24, 2.45) is 0 Å². The van der Waals surface area contributed by atoms with Crippen molar-refractivity contribution in [3.8, 4) is 0 Å². The molecule has 0 amide bonds. The molecule has 0 saturated heterocycles. The number of ether oxygens (including phenoxy) is 1. The van der Waals surface area contributed by atoms with Crippen molar-refractivity contribution in [1.29, 1.82) is 0 Å². The molecule has 3 nitrogen and oxygen atoms in total. The maximum absolute atomic E-state index is 5.32. The Kier molecular flexibility index (Phi) is 6.91. The van der Waals surface area contributed by atoms with E-state index in [-0.39, 0.29) is 0 Å². The molecule has 0 aromatic carbocycles. The van der Waals surface area contributed by atoms with Crippen molar-refractivity contribution in [3.63, 3.8) is 0 Å². The van der Waals surface area contributed by atoms with Crippen LogP contribution >= 0.6 is 0 Å². The molecule has 0 saturated carbocycles. The molecule has 102 valence electrons. The second-order valence-electron chi connectivity index (χ2n) is 4.93. The van der Waals surface area contributed by atoms with Gasteiger partial charge < -0.3 is 10.1 Å². The zero-order valence-corrected chi connectivity index (χ0v) is 12.1. The van der Waals surface area contributed by atoms with E-state index < -0.39 is 0 Å². The standard InChI is InChI=1S/C15H26N2O/c1-5-8-17-15(7-6-13(3)18-4)14-9-12(2)10-16-11-14/h9-11,13,15,17H,5-8H2,1-4H3. The molecule has 1 N–H and O–H groups in total. The minimum Gasteiger partial charge on any atom is -0.382 e. The molecule has 3 heteroatoms. The first-order valence-electron chi connectivity index (χ1n) is 6.85. The molecule has 0 bridgehead atoms. The molecule has 0 spiro atoms. The highest BCUT2D eigenvalue weighted by atomic mass is 16.5. The second-order valence-corrected chi connectivity index (χ2v) is 4.93. The van der Waals surface area contributed by atoms with Crippen molar-refractivity contribution in [3.05, 3.63) is 29.6 Å². The molecular formula is C15H26N2O. The summed E-state index contributed by atoms with van der Waals surface area (Å²) >= 11 is 0. The summed E-state index contributed by atoms with van der Waals surface area (Å²) in [6.07, 6.45) is 7.48. The maximum atomic E-state index is 5.32. The molecule has 18 heavy (non-hydrogen) atoms. The van der Waals surface area contributed by atoms with Gasteiger partial charge in [0.15, 0.2) is 0 Å². The van der Waals surface area contributed by atoms with Gasteiger partial charge in [0.05, 0.1) is 6.10 Å². The fourth-order valence-electron chi connectivity index (χ4n) is 1.99. The predicted octanol–water partition coefficient (Wildman–Crippen LogP) is 3.25. The lowest BCUT2D eigenvalue weighted by Gasteiger charge is -2.20. The van der Waals surface area contributed by atoms with Gasteiger partial charge in [-0.15, -0.1) is 0 Å². The number of aryl methyl sites for hydroxylation is 1. The summed E-state index contributed by atoms with van der Waals surface area (Å²) in [7, 11) is 1.77. The Hall–Kier alpha value is -0.930. The lowest BCUT2D eigenvalue weighted by molar-refractivity contribution is 0.106. The van der Waals surface area contributed by atoms with Crippen LogP contribution in [0.1, 0.15) is 50.3 Å². The van der Waals surface area contributed by atoms with Crippen molar-refractivity contribution >= 4 is 0 Å². The summed E-state index contributed by atoms with van der Waals surface area (Å²) in [6.45, 7) is 7.44. The highest BCUT2D eigenvalue weighted by Gasteiger charge is 2.12. The Balaban J connectivity index is 2.65. The van der Waals surface area contributed by atoms with Crippen LogP contribution in [0, 0.1) is 6.92 Å². The lowest BCUT2D eigenvalue weighted by Crippen LogP contribution is -2.23. The highest BCUT2D eigenvalue weighted by Crippen LogP contribution is 2.20. The molecule has 2 unspecified atom stereocenters. The SMILES string of the molecule is CCCNC(CCC(C)OC)c1cncc(C)c1. The first-order chi connectivity index (χ1) is 8.67. The third-order valence-electron chi connectivity index (χ3n) is 3.20. The van der Waals surface area contributed by atoms with Gasteiger partial charge >= 0.3 is 0 Å². The van der Waals surface area contributed by atoms with E-state index in [2.05, 4.69) is 37.1 Å². The molecule has 0 fully saturated rings. The molecular weight excluding hydrogens is 224 g/mol. The summed E-state index contributed by atoms with van der Waals surface area (Å²) < 4.78 is 5.32. The highest BCUT2D eigenvalue weighted by molar-refractivity contribution is 5.20. The Morgan fingerprint density at radius 1 is 1.33 bits per heavy atom. The topological polar surface area (TPSA) is 34.1 Å². The molecule has 1 aromatic heterocycles. The van der Waals surface area contributed by atoms with E-state index >= 15 is 0 Å². The minimum atomic E-state index is 0.314. The van der Waals surface area contributed by atoms with Crippen molar-refractivity contribution in [1.82, 2.24) is 10.3 Å². The number of nitrogens with one attached hydrogen (secondary N) is 1. The molecule has 1 heterocycles. The van der Waals surface area contributed by atoms with Crippen LogP contribution in [0.4, 0.5) is 0 Å². The third kappa shape index (κ3) is 5.15. The summed E-state index contributed by atoms with van der Waals surface area (Å²) in [5.74, 6) is 0. The molecule has 0 aliphatic heterocycles. The quantitative estimate of drug-likeness (QED) is 0.769. The number of pyridine rings is 1. The number of methoxy groups -OCH3 is 1. The average molecular weight is 250 g/mol. The summed E-state index contributed by atoms with van der Waals surface area (Å²) in [6, 6.07) is 2.60. The normalized spacial score (nSPS) is 14.4. The van der Waals surface area contributed by atoms with E-state index in [9.17, 15) is 0 Å². The Labute approximate surface area is 111 Å². The molecule has 0 radical (unpaired) electrons. The van der Waals surface area contributed by atoms with Crippen molar-refractivity contribution in [2.45, 2.75) is 52.2 Å². The van der Waals surface area contributed by atoms with Gasteiger partial charge in [-0.3, -0.25) is 4.98 Å². The van der Waals surface area contributed by atoms with E-state index in [1.54, 1.807) is 7.11 Å². The number of aromatic nitrogens is 1. The Bertz CT molecular complexity index is 341. The predicted molar refractivity (Wildman–Crippen MR) is 75.7 cm³/mol. The van der Waals surface area contributed by atoms with Gasteiger partial charge in [-0.1, -0.05) is 13.0 Å². The first kappa shape index (κ1) is 15.1. The van der Waals surface area contributed by atoms with Crippen LogP contribution in [0.2, 0.25) is 0 Å². The van der Waals surface area contributed by atoms with E-state index in [0.29, 0.717) is 12.1 Å². The van der Waals surface area contributed by atoms with E-state index in [4.69, 9.17) is 4.74 Å². The number of hydrogen-bond donors (Lipinski definition) is 1. The van der Waals surface area contributed by atoms with Crippen LogP contribution in [-0.2, 0) is 4.74 Å². The molecule has 0 aliphatic carbocycles. The molecule has 2 atom stereocenters. The number of rotatable bonds is 8. The number of hydrogen-bond acceptors (Lipinski definition) is 3. The van der Waals surface area contributed by atoms with Gasteiger partial charge in [-0.25, -0.2) is 0 Å². The summed E-state index contributed by atoms with van der Waals surface area (Å²) in [4.78, 5) is 4.29. The fourth-order valence-corrected chi connectivity index (χ4v) is 1.99. The zero-order valence-electron chi connectivity index (χ0n) is 12.1. The van der Waals surface area contributed by atoms with Gasteiger partial charge in [-0.2, -0.15) is 0 Å². The van der Waals surface area contributed by atoms with Crippen LogP contribution in [0.25, 0.3) is 0 Å². The fraction of sp³-hybridized carbons (Fsp3) is 0.667. The third-order valence-corrected chi connectivity index (χ3v) is 3.20. The average Bonchev–Trinajstić information content (AvgIpc) is 2.38. The Morgan fingerprint density at radius 3 is 2.72 bits per heavy atom. The van der Waals surface area contributed by atoms with E-state index in [0.717, 1.165) is 25.8 Å². The zero-order chi connectivity index (χ0) is 13.4. The number of nitrogens with zero attached hydrogens (tertiary/aromatic N) is 1. The minimum absolute atomic E-state index is 0.314. The van der Waals surface area contributed by atoms with Crippen LogP contribution in [0.15, 0.2) is 18.5 Å². The smallest absolute Gasteiger partial charge is 0.0543 e. The van der Waals surface area contributed by atoms with Crippen LogP contribution < -0.4 is 5.32 Å². The molecule has 1 rings (SSSR count). The monoisotopic (exact) mass is 250 g/mol. The van der Waals surface area contributed by atoms with E-state index in [1.807, 2.05) is 12.4 Å². The van der Waals surface area contributed by atoms with Crippen molar-refractivity contribution in [2.75, 3.05) is 13.7 Å². The van der Waals surface area contributed by atoms with Gasteiger partial charge in [0.1, 0.15) is 0 Å². The summed E-state index contributed by atoms with van der Waals surface area (Å²) in [5.41, 5.74) is 2.50. The van der Waals surface area contributed by atoms with Gasteiger partial charge in [0.2, 0.25) is 0 Å². The lowest BCUT2D eigenvalue weighted by atomic mass is 10.0. The molecule has 0 aliphatic rings. The first-order valence-corrected chi connectivity index (χ1v) is 6.85. The largest absolute Gasteiger partial charge is 0.382 e. The second kappa shape index (κ2) is 8.22. The summed E-state index contributed by atoms with van der Waals surface area (Å²) in [5, 5.41) is 3.60. The van der Waals surface area contributed by atoms with Crippen LogP contribution in [0.3, 0.4) is 0 Å². The van der Waals surface area contributed by atoms with Crippen molar-refractivity contribution < 1.29 is 4.74 Å². The maximum Gasteiger partial charge on any atom is 0.0543 e. The van der Waals surface area contributed by atoms with Gasteiger partial charge in [0, 0.05) is 25.5 Å². The Morgan fingerprint density at radius 2 is 2.11 bits per heavy atom. The van der Waals surface area contributed by atoms with Crippen LogP contribution in [0.5, 0.6) is 0 Å².